The zero-order valence-corrected chi connectivity index (χ0v) is 15.3. The Morgan fingerprint density at radius 1 is 1.16 bits per heavy atom. The molecule has 0 unspecified atom stereocenters. The molecule has 1 N–H and O–H groups in total. The first-order valence-corrected chi connectivity index (χ1v) is 9.22. The number of nitrogens with one attached hydrogen (secondary N) is 1. The monoisotopic (exact) mass is 340 g/mol. The van der Waals surface area contributed by atoms with Crippen molar-refractivity contribution in [3.05, 3.63) is 52.8 Å². The smallest absolute Gasteiger partial charge is 0.251 e. The van der Waals surface area contributed by atoms with Gasteiger partial charge >= 0.3 is 0 Å². The van der Waals surface area contributed by atoms with Crippen LogP contribution in [0.15, 0.2) is 30.3 Å². The summed E-state index contributed by atoms with van der Waals surface area (Å²) in [5.41, 5.74) is 4.05. The third-order valence-corrected chi connectivity index (χ3v) is 4.79. The van der Waals surface area contributed by atoms with Crippen molar-refractivity contribution >= 4 is 5.91 Å². The number of rotatable bonds is 7. The second-order valence-electron chi connectivity index (χ2n) is 6.94. The number of aryl methyl sites for hydroxylation is 2. The van der Waals surface area contributed by atoms with Gasteiger partial charge in [-0.05, 0) is 76.5 Å². The Labute approximate surface area is 150 Å². The molecule has 1 fully saturated rings. The van der Waals surface area contributed by atoms with Crippen molar-refractivity contribution in [2.75, 3.05) is 26.2 Å². The Balaban J connectivity index is 1.46. The minimum Gasteiger partial charge on any atom is -0.352 e. The average Bonchev–Trinajstić information content (AvgIpc) is 3.22. The molecule has 1 aromatic carbocycles. The number of nitrogens with zero attached hydrogens (tertiary/aromatic N) is 3. The van der Waals surface area contributed by atoms with E-state index in [1.807, 2.05) is 35.9 Å². The van der Waals surface area contributed by atoms with E-state index in [2.05, 4.69) is 28.3 Å². The first-order chi connectivity index (χ1) is 12.1. The highest BCUT2D eigenvalue weighted by atomic mass is 16.1. The molecule has 1 aliphatic heterocycles. The van der Waals surface area contributed by atoms with Crippen molar-refractivity contribution < 1.29 is 4.79 Å². The summed E-state index contributed by atoms with van der Waals surface area (Å²) in [6.45, 7) is 9.04. The molecule has 1 saturated heterocycles. The van der Waals surface area contributed by atoms with E-state index in [9.17, 15) is 4.79 Å². The first kappa shape index (κ1) is 17.7. The predicted octanol–water partition coefficient (Wildman–Crippen LogP) is 2.76. The Morgan fingerprint density at radius 3 is 2.52 bits per heavy atom. The van der Waals surface area contributed by atoms with Crippen LogP contribution in [0.2, 0.25) is 0 Å². The topological polar surface area (TPSA) is 50.2 Å². The van der Waals surface area contributed by atoms with Gasteiger partial charge in [-0.15, -0.1) is 0 Å². The zero-order valence-electron chi connectivity index (χ0n) is 15.3. The number of hydrogen-bond donors (Lipinski definition) is 1. The minimum atomic E-state index is 0.0130. The number of hydrogen-bond acceptors (Lipinski definition) is 3. The van der Waals surface area contributed by atoms with E-state index in [1.165, 1.54) is 25.9 Å². The SMILES string of the molecule is Cc1cc(C)n(Cc2ccc(C(=O)NCCCN3CCCC3)cc2)n1. The highest BCUT2D eigenvalue weighted by molar-refractivity contribution is 5.94. The molecule has 1 aromatic heterocycles. The standard InChI is InChI=1S/C20H28N4O/c1-16-14-17(2)24(22-16)15-18-6-8-19(9-7-18)20(25)21-10-5-13-23-11-3-4-12-23/h6-9,14H,3-5,10-13,15H2,1-2H3,(H,21,25). The molecule has 0 atom stereocenters. The average molecular weight is 340 g/mol. The fourth-order valence-corrected chi connectivity index (χ4v) is 3.38. The molecule has 134 valence electrons. The van der Waals surface area contributed by atoms with E-state index in [4.69, 9.17) is 0 Å². The summed E-state index contributed by atoms with van der Waals surface area (Å²) >= 11 is 0. The van der Waals surface area contributed by atoms with Gasteiger partial charge in [-0.25, -0.2) is 0 Å². The van der Waals surface area contributed by atoms with Crippen LogP contribution in [0.25, 0.3) is 0 Å². The highest BCUT2D eigenvalue weighted by Crippen LogP contribution is 2.10. The van der Waals surface area contributed by atoms with Gasteiger partial charge in [-0.2, -0.15) is 5.10 Å². The van der Waals surface area contributed by atoms with Gasteiger partial charge in [0.05, 0.1) is 12.2 Å². The molecular weight excluding hydrogens is 312 g/mol. The van der Waals surface area contributed by atoms with Crippen LogP contribution in [0.4, 0.5) is 0 Å². The van der Waals surface area contributed by atoms with Crippen LogP contribution in [0.5, 0.6) is 0 Å². The molecule has 0 saturated carbocycles. The molecule has 25 heavy (non-hydrogen) atoms. The van der Waals surface area contributed by atoms with Gasteiger partial charge in [0.1, 0.15) is 0 Å². The van der Waals surface area contributed by atoms with Gasteiger partial charge in [-0.1, -0.05) is 12.1 Å². The van der Waals surface area contributed by atoms with Crippen molar-refractivity contribution in [2.24, 2.45) is 0 Å². The molecule has 1 aliphatic rings. The normalized spacial score (nSPS) is 14.8. The maximum atomic E-state index is 12.2. The number of carbonyl (C=O) groups excluding carboxylic acids is 1. The van der Waals surface area contributed by atoms with Crippen molar-refractivity contribution in [2.45, 2.75) is 39.7 Å². The fraction of sp³-hybridized carbons (Fsp3) is 0.500. The van der Waals surface area contributed by atoms with Gasteiger partial charge in [0.15, 0.2) is 0 Å². The van der Waals surface area contributed by atoms with Crippen molar-refractivity contribution in [3.63, 3.8) is 0 Å². The van der Waals surface area contributed by atoms with E-state index >= 15 is 0 Å². The van der Waals surface area contributed by atoms with E-state index in [0.717, 1.165) is 48.6 Å². The molecule has 0 radical (unpaired) electrons. The van der Waals surface area contributed by atoms with Crippen molar-refractivity contribution in [1.82, 2.24) is 20.0 Å². The summed E-state index contributed by atoms with van der Waals surface area (Å²) in [7, 11) is 0. The largest absolute Gasteiger partial charge is 0.352 e. The maximum absolute atomic E-state index is 12.2. The summed E-state index contributed by atoms with van der Waals surface area (Å²) in [6, 6.07) is 9.89. The van der Waals surface area contributed by atoms with Crippen LogP contribution in [-0.4, -0.2) is 46.8 Å². The van der Waals surface area contributed by atoms with Crippen LogP contribution in [0.3, 0.4) is 0 Å². The van der Waals surface area contributed by atoms with Crippen LogP contribution < -0.4 is 5.32 Å². The van der Waals surface area contributed by atoms with Gasteiger partial charge < -0.3 is 10.2 Å². The molecule has 3 rings (SSSR count). The number of likely N-dealkylation sites (tertiary alicyclic amines) is 1. The lowest BCUT2D eigenvalue weighted by Crippen LogP contribution is -2.28. The molecule has 1 amide bonds. The van der Waals surface area contributed by atoms with Crippen LogP contribution in [0, 0.1) is 13.8 Å². The molecule has 0 spiro atoms. The molecule has 5 heteroatoms. The Kier molecular flexibility index (Phi) is 5.87. The Hall–Kier alpha value is -2.14. The fourth-order valence-electron chi connectivity index (χ4n) is 3.38. The first-order valence-electron chi connectivity index (χ1n) is 9.22. The van der Waals surface area contributed by atoms with Crippen LogP contribution in [-0.2, 0) is 6.54 Å². The maximum Gasteiger partial charge on any atom is 0.251 e. The molecule has 5 nitrogen and oxygen atoms in total. The zero-order chi connectivity index (χ0) is 17.6. The van der Waals surface area contributed by atoms with Gasteiger partial charge in [0.2, 0.25) is 0 Å². The number of benzene rings is 1. The lowest BCUT2D eigenvalue weighted by molar-refractivity contribution is 0.0952. The molecule has 2 heterocycles. The van der Waals surface area contributed by atoms with Gasteiger partial charge in [-0.3, -0.25) is 9.48 Å². The second kappa shape index (κ2) is 8.30. The van der Waals surface area contributed by atoms with Crippen LogP contribution >= 0.6 is 0 Å². The van der Waals surface area contributed by atoms with E-state index in [0.29, 0.717) is 0 Å². The van der Waals surface area contributed by atoms with E-state index in [-0.39, 0.29) is 5.91 Å². The number of carbonyl (C=O) groups is 1. The molecule has 0 aliphatic carbocycles. The predicted molar refractivity (Wildman–Crippen MR) is 99.9 cm³/mol. The van der Waals surface area contributed by atoms with E-state index in [1.54, 1.807) is 0 Å². The Bertz CT molecular complexity index is 699. The molecular formula is C20H28N4O. The lowest BCUT2D eigenvalue weighted by atomic mass is 10.1. The number of amides is 1. The number of aromatic nitrogens is 2. The molecule has 2 aromatic rings. The third kappa shape index (κ3) is 4.92. The van der Waals surface area contributed by atoms with E-state index < -0.39 is 0 Å². The quantitative estimate of drug-likeness (QED) is 0.789. The summed E-state index contributed by atoms with van der Waals surface area (Å²) in [5, 5.41) is 7.50. The summed E-state index contributed by atoms with van der Waals surface area (Å²) in [4.78, 5) is 14.7. The third-order valence-electron chi connectivity index (χ3n) is 4.79. The van der Waals surface area contributed by atoms with Crippen LogP contribution in [0.1, 0.15) is 46.6 Å². The van der Waals surface area contributed by atoms with Gasteiger partial charge in [0, 0.05) is 17.8 Å². The minimum absolute atomic E-state index is 0.0130. The summed E-state index contributed by atoms with van der Waals surface area (Å²) in [6.07, 6.45) is 3.65. The molecule has 0 bridgehead atoms. The summed E-state index contributed by atoms with van der Waals surface area (Å²) < 4.78 is 1.99. The Morgan fingerprint density at radius 2 is 1.88 bits per heavy atom. The van der Waals surface area contributed by atoms with Crippen molar-refractivity contribution in [1.29, 1.82) is 0 Å². The summed E-state index contributed by atoms with van der Waals surface area (Å²) in [5.74, 6) is 0.0130. The van der Waals surface area contributed by atoms with Crippen molar-refractivity contribution in [3.8, 4) is 0 Å². The lowest BCUT2D eigenvalue weighted by Gasteiger charge is -2.14. The second-order valence-corrected chi connectivity index (χ2v) is 6.94. The van der Waals surface area contributed by atoms with Gasteiger partial charge in [0.25, 0.3) is 5.91 Å². The highest BCUT2D eigenvalue weighted by Gasteiger charge is 2.11.